The van der Waals surface area contributed by atoms with Crippen molar-refractivity contribution < 1.29 is 4.74 Å². The second kappa shape index (κ2) is 5.13. The molecule has 3 atom stereocenters. The molecule has 1 saturated heterocycles. The third-order valence-corrected chi connectivity index (χ3v) is 3.75. The van der Waals surface area contributed by atoms with E-state index in [0.29, 0.717) is 6.04 Å². The normalized spacial score (nSPS) is 38.8. The summed E-state index contributed by atoms with van der Waals surface area (Å²) in [4.78, 5) is 0. The van der Waals surface area contributed by atoms with Gasteiger partial charge in [-0.3, -0.25) is 0 Å². The highest BCUT2D eigenvalue weighted by atomic mass is 16.5. The van der Waals surface area contributed by atoms with Gasteiger partial charge < -0.3 is 10.1 Å². The lowest BCUT2D eigenvalue weighted by atomic mass is 10.0. The van der Waals surface area contributed by atoms with Crippen molar-refractivity contribution in [1.82, 2.24) is 5.32 Å². The molecule has 2 rings (SSSR count). The minimum Gasteiger partial charge on any atom is -0.380 e. The van der Waals surface area contributed by atoms with Crippen LogP contribution in [0.3, 0.4) is 0 Å². The first kappa shape index (κ1) is 10.4. The van der Waals surface area contributed by atoms with Crippen molar-refractivity contribution in [2.75, 3.05) is 13.2 Å². The van der Waals surface area contributed by atoms with E-state index in [9.17, 15) is 0 Å². The van der Waals surface area contributed by atoms with Gasteiger partial charge in [0.05, 0.1) is 6.61 Å². The Balaban J connectivity index is 1.69. The molecule has 82 valence electrons. The van der Waals surface area contributed by atoms with Gasteiger partial charge in [-0.15, -0.1) is 0 Å². The lowest BCUT2D eigenvalue weighted by Crippen LogP contribution is -2.42. The smallest absolute Gasteiger partial charge is 0.0619 e. The van der Waals surface area contributed by atoms with Crippen LogP contribution in [0.5, 0.6) is 0 Å². The molecule has 0 aromatic carbocycles. The Kier molecular flexibility index (Phi) is 3.82. The Labute approximate surface area is 87.4 Å². The fraction of sp³-hybridized carbons (Fsp3) is 1.00. The third-order valence-electron chi connectivity index (χ3n) is 3.75. The molecule has 1 saturated carbocycles. The van der Waals surface area contributed by atoms with Crippen molar-refractivity contribution in [2.24, 2.45) is 5.92 Å². The van der Waals surface area contributed by atoms with E-state index in [0.717, 1.165) is 25.2 Å². The minimum absolute atomic E-state index is 0.643. The number of hydrogen-bond donors (Lipinski definition) is 1. The van der Waals surface area contributed by atoms with Crippen molar-refractivity contribution in [2.45, 2.75) is 57.5 Å². The first-order valence-electron chi connectivity index (χ1n) is 6.22. The van der Waals surface area contributed by atoms with Gasteiger partial charge in [0.2, 0.25) is 0 Å². The Bertz CT molecular complexity index is 166. The maximum atomic E-state index is 5.48. The quantitative estimate of drug-likeness (QED) is 0.750. The first-order valence-corrected chi connectivity index (χ1v) is 6.22. The van der Waals surface area contributed by atoms with Crippen molar-refractivity contribution >= 4 is 0 Å². The fourth-order valence-electron chi connectivity index (χ4n) is 2.80. The highest BCUT2D eigenvalue weighted by Gasteiger charge is 2.25. The van der Waals surface area contributed by atoms with Gasteiger partial charge >= 0.3 is 0 Å². The van der Waals surface area contributed by atoms with E-state index in [1.165, 1.54) is 38.5 Å². The summed E-state index contributed by atoms with van der Waals surface area (Å²) in [6.45, 7) is 4.23. The zero-order chi connectivity index (χ0) is 9.80. The van der Waals surface area contributed by atoms with E-state index >= 15 is 0 Å². The molecule has 0 bridgehead atoms. The molecule has 1 aliphatic heterocycles. The summed E-state index contributed by atoms with van der Waals surface area (Å²) in [7, 11) is 0. The van der Waals surface area contributed by atoms with Gasteiger partial charge in [0.15, 0.2) is 0 Å². The SMILES string of the molecule is CCC1CCC(N[C@@H]2CCCOC2)C1. The van der Waals surface area contributed by atoms with E-state index in [2.05, 4.69) is 12.2 Å². The van der Waals surface area contributed by atoms with E-state index in [4.69, 9.17) is 4.74 Å². The molecular weight excluding hydrogens is 174 g/mol. The average molecular weight is 197 g/mol. The molecular formula is C12H23NO. The van der Waals surface area contributed by atoms with E-state index in [1.807, 2.05) is 0 Å². The lowest BCUT2D eigenvalue weighted by molar-refractivity contribution is 0.0664. The van der Waals surface area contributed by atoms with Crippen LogP contribution in [0.4, 0.5) is 0 Å². The fourth-order valence-corrected chi connectivity index (χ4v) is 2.80. The van der Waals surface area contributed by atoms with Crippen molar-refractivity contribution in [1.29, 1.82) is 0 Å². The predicted octanol–water partition coefficient (Wildman–Crippen LogP) is 2.33. The van der Waals surface area contributed by atoms with Crippen molar-refractivity contribution in [3.05, 3.63) is 0 Å². The van der Waals surface area contributed by atoms with Gasteiger partial charge in [-0.25, -0.2) is 0 Å². The summed E-state index contributed by atoms with van der Waals surface area (Å²) in [5, 5.41) is 3.76. The first-order chi connectivity index (χ1) is 6.88. The Morgan fingerprint density at radius 1 is 1.21 bits per heavy atom. The highest BCUT2D eigenvalue weighted by Crippen LogP contribution is 2.28. The van der Waals surface area contributed by atoms with Crippen molar-refractivity contribution in [3.63, 3.8) is 0 Å². The Morgan fingerprint density at radius 2 is 2.14 bits per heavy atom. The molecule has 0 aromatic rings. The molecule has 0 spiro atoms. The van der Waals surface area contributed by atoms with Gasteiger partial charge in [-0.05, 0) is 38.0 Å². The lowest BCUT2D eigenvalue weighted by Gasteiger charge is -2.26. The summed E-state index contributed by atoms with van der Waals surface area (Å²) in [5.74, 6) is 0.983. The number of hydrogen-bond acceptors (Lipinski definition) is 2. The summed E-state index contributed by atoms with van der Waals surface area (Å²) < 4.78 is 5.48. The molecule has 1 N–H and O–H groups in total. The second-order valence-corrected chi connectivity index (χ2v) is 4.86. The summed E-state index contributed by atoms with van der Waals surface area (Å²) in [6, 6.07) is 1.43. The van der Waals surface area contributed by atoms with Crippen LogP contribution in [0.25, 0.3) is 0 Å². The zero-order valence-electron chi connectivity index (χ0n) is 9.30. The molecule has 2 heteroatoms. The molecule has 2 unspecified atom stereocenters. The Morgan fingerprint density at radius 3 is 2.79 bits per heavy atom. The van der Waals surface area contributed by atoms with Crippen molar-refractivity contribution in [3.8, 4) is 0 Å². The van der Waals surface area contributed by atoms with Crippen LogP contribution in [0, 0.1) is 5.92 Å². The molecule has 0 aromatic heterocycles. The van der Waals surface area contributed by atoms with E-state index in [1.54, 1.807) is 0 Å². The van der Waals surface area contributed by atoms with Gasteiger partial charge in [-0.2, -0.15) is 0 Å². The summed E-state index contributed by atoms with van der Waals surface area (Å²) in [5.41, 5.74) is 0. The van der Waals surface area contributed by atoms with Gasteiger partial charge in [0.1, 0.15) is 0 Å². The van der Waals surface area contributed by atoms with Crippen LogP contribution in [-0.4, -0.2) is 25.3 Å². The average Bonchev–Trinajstić information content (AvgIpc) is 2.67. The minimum atomic E-state index is 0.643. The topological polar surface area (TPSA) is 21.3 Å². The second-order valence-electron chi connectivity index (χ2n) is 4.86. The highest BCUT2D eigenvalue weighted by molar-refractivity contribution is 4.83. The van der Waals surface area contributed by atoms with Crippen LogP contribution in [0.1, 0.15) is 45.4 Å². The summed E-state index contributed by atoms with van der Waals surface area (Å²) in [6.07, 6.45) is 8.12. The van der Waals surface area contributed by atoms with Crippen LogP contribution < -0.4 is 5.32 Å². The number of ether oxygens (including phenoxy) is 1. The van der Waals surface area contributed by atoms with Crippen LogP contribution in [-0.2, 0) is 4.74 Å². The maximum absolute atomic E-state index is 5.48. The largest absolute Gasteiger partial charge is 0.380 e. The van der Waals surface area contributed by atoms with Gasteiger partial charge in [0, 0.05) is 18.7 Å². The monoisotopic (exact) mass is 197 g/mol. The molecule has 0 radical (unpaired) electrons. The molecule has 14 heavy (non-hydrogen) atoms. The molecule has 1 aliphatic carbocycles. The molecule has 2 aliphatic rings. The predicted molar refractivity (Wildman–Crippen MR) is 58.4 cm³/mol. The van der Waals surface area contributed by atoms with E-state index < -0.39 is 0 Å². The Hall–Kier alpha value is -0.0800. The maximum Gasteiger partial charge on any atom is 0.0619 e. The third kappa shape index (κ3) is 2.71. The summed E-state index contributed by atoms with van der Waals surface area (Å²) >= 11 is 0. The van der Waals surface area contributed by atoms with Gasteiger partial charge in [0.25, 0.3) is 0 Å². The molecule has 0 amide bonds. The standard InChI is InChI=1S/C12H23NO/c1-2-10-5-6-11(8-10)13-12-4-3-7-14-9-12/h10-13H,2-9H2,1H3/t10?,11?,12-/m1/s1. The van der Waals surface area contributed by atoms with Gasteiger partial charge in [-0.1, -0.05) is 13.3 Å². The number of nitrogens with one attached hydrogen (secondary N) is 1. The van der Waals surface area contributed by atoms with Crippen LogP contribution >= 0.6 is 0 Å². The van der Waals surface area contributed by atoms with E-state index in [-0.39, 0.29) is 0 Å². The van der Waals surface area contributed by atoms with Crippen LogP contribution in [0.2, 0.25) is 0 Å². The zero-order valence-corrected chi connectivity index (χ0v) is 9.30. The molecule has 2 nitrogen and oxygen atoms in total. The molecule has 1 heterocycles. The van der Waals surface area contributed by atoms with Crippen LogP contribution in [0.15, 0.2) is 0 Å². The number of rotatable bonds is 3. The molecule has 2 fully saturated rings.